The number of likely N-dealkylation sites (tertiary alicyclic amines) is 1. The Morgan fingerprint density at radius 2 is 1.65 bits per heavy atom. The summed E-state index contributed by atoms with van der Waals surface area (Å²) in [5, 5.41) is 0. The van der Waals surface area contributed by atoms with Gasteiger partial charge < -0.3 is 24.0 Å². The van der Waals surface area contributed by atoms with Crippen LogP contribution in [0.4, 0.5) is 11.4 Å². The Labute approximate surface area is 252 Å². The molecule has 43 heavy (non-hydrogen) atoms. The molecule has 228 valence electrons. The van der Waals surface area contributed by atoms with Crippen LogP contribution in [-0.4, -0.2) is 78.1 Å². The summed E-state index contributed by atoms with van der Waals surface area (Å²) in [7, 11) is -2.04. The number of sulfonamides is 1. The summed E-state index contributed by atoms with van der Waals surface area (Å²) in [5.74, 6) is 0.189. The maximum Gasteiger partial charge on any atom is 0.258 e. The van der Waals surface area contributed by atoms with Crippen LogP contribution in [0, 0.1) is 0 Å². The number of methoxy groups -OCH3 is 1. The Balaban J connectivity index is 1.31. The molecule has 3 aromatic rings. The van der Waals surface area contributed by atoms with E-state index in [-0.39, 0.29) is 30.0 Å². The molecule has 0 spiro atoms. The van der Waals surface area contributed by atoms with Crippen LogP contribution in [0.15, 0.2) is 60.7 Å². The van der Waals surface area contributed by atoms with Crippen molar-refractivity contribution in [1.29, 1.82) is 0 Å². The standard InChI is InChI=1S/C32H37N3O7S/c1-40-18-19-41-22-42-30-13-11-27(21-29(30)33-43(2,38)39)35-17-14-26-20-25(10-12-28(26)32(35)37)23-6-8-24(9-7-23)31(36)34-15-4-3-5-16-34/h6-13,20-21,33H,3-5,14-19,22H2,1-2H3. The van der Waals surface area contributed by atoms with E-state index in [4.69, 9.17) is 14.2 Å². The van der Waals surface area contributed by atoms with Gasteiger partial charge in [0.15, 0.2) is 6.79 Å². The molecule has 2 amide bonds. The number of fused-ring (bicyclic) bond motifs is 1. The number of amides is 2. The number of carbonyl (C=O) groups excluding carboxylic acids is 2. The molecular weight excluding hydrogens is 570 g/mol. The largest absolute Gasteiger partial charge is 0.465 e. The number of piperidine rings is 1. The van der Waals surface area contributed by atoms with Gasteiger partial charge in [0.2, 0.25) is 10.0 Å². The zero-order valence-corrected chi connectivity index (χ0v) is 25.3. The van der Waals surface area contributed by atoms with Crippen molar-refractivity contribution in [2.24, 2.45) is 0 Å². The highest BCUT2D eigenvalue weighted by molar-refractivity contribution is 7.92. The van der Waals surface area contributed by atoms with Gasteiger partial charge in [0.25, 0.3) is 11.8 Å². The summed E-state index contributed by atoms with van der Waals surface area (Å²) in [6.07, 6.45) is 4.96. The van der Waals surface area contributed by atoms with Gasteiger partial charge in [-0.05, 0) is 78.8 Å². The third-order valence-electron chi connectivity index (χ3n) is 7.59. The molecule has 1 fully saturated rings. The minimum Gasteiger partial charge on any atom is -0.465 e. The van der Waals surface area contributed by atoms with Gasteiger partial charge in [-0.25, -0.2) is 8.42 Å². The average molecular weight is 608 g/mol. The number of rotatable bonds is 11. The van der Waals surface area contributed by atoms with E-state index in [0.717, 1.165) is 48.9 Å². The number of ether oxygens (including phenoxy) is 3. The zero-order valence-electron chi connectivity index (χ0n) is 24.5. The smallest absolute Gasteiger partial charge is 0.258 e. The monoisotopic (exact) mass is 607 g/mol. The number of nitrogens with zero attached hydrogens (tertiary/aromatic N) is 2. The van der Waals surface area contributed by atoms with Gasteiger partial charge in [-0.1, -0.05) is 24.3 Å². The van der Waals surface area contributed by atoms with Crippen molar-refractivity contribution in [3.63, 3.8) is 0 Å². The van der Waals surface area contributed by atoms with Gasteiger partial charge >= 0.3 is 0 Å². The van der Waals surface area contributed by atoms with E-state index in [1.807, 2.05) is 47.4 Å². The summed E-state index contributed by atoms with van der Waals surface area (Å²) < 4.78 is 42.5. The van der Waals surface area contributed by atoms with Crippen LogP contribution in [0.25, 0.3) is 11.1 Å². The summed E-state index contributed by atoms with van der Waals surface area (Å²) in [4.78, 5) is 30.0. The second-order valence-electron chi connectivity index (χ2n) is 10.7. The highest BCUT2D eigenvalue weighted by atomic mass is 32.2. The van der Waals surface area contributed by atoms with Crippen molar-refractivity contribution in [3.8, 4) is 16.9 Å². The molecule has 2 aliphatic heterocycles. The number of hydrogen-bond acceptors (Lipinski definition) is 7. The van der Waals surface area contributed by atoms with Gasteiger partial charge in [0.1, 0.15) is 5.75 Å². The summed E-state index contributed by atoms with van der Waals surface area (Å²) >= 11 is 0. The molecule has 0 atom stereocenters. The van der Waals surface area contributed by atoms with Crippen molar-refractivity contribution < 1.29 is 32.2 Å². The van der Waals surface area contributed by atoms with Crippen LogP contribution < -0.4 is 14.4 Å². The van der Waals surface area contributed by atoms with Gasteiger partial charge in [0.05, 0.1) is 25.2 Å². The third-order valence-corrected chi connectivity index (χ3v) is 8.18. The zero-order chi connectivity index (χ0) is 30.4. The molecule has 11 heteroatoms. The average Bonchev–Trinajstić information content (AvgIpc) is 3.01. The minimum absolute atomic E-state index is 0.0762. The van der Waals surface area contributed by atoms with Gasteiger partial charge in [-0.2, -0.15) is 0 Å². The lowest BCUT2D eigenvalue weighted by atomic mass is 9.93. The molecule has 1 saturated heterocycles. The van der Waals surface area contributed by atoms with Crippen molar-refractivity contribution in [2.75, 3.05) is 62.6 Å². The fourth-order valence-electron chi connectivity index (χ4n) is 5.40. The highest BCUT2D eigenvalue weighted by Crippen LogP contribution is 2.34. The Morgan fingerprint density at radius 3 is 2.37 bits per heavy atom. The van der Waals surface area contributed by atoms with E-state index in [9.17, 15) is 18.0 Å². The molecule has 0 aromatic heterocycles. The first-order valence-electron chi connectivity index (χ1n) is 14.4. The molecule has 10 nitrogen and oxygen atoms in total. The van der Waals surface area contributed by atoms with Gasteiger partial charge in [-0.15, -0.1) is 0 Å². The predicted octanol–water partition coefficient (Wildman–Crippen LogP) is 4.55. The lowest BCUT2D eigenvalue weighted by molar-refractivity contribution is -0.00814. The number of anilines is 2. The van der Waals surface area contributed by atoms with E-state index in [0.29, 0.717) is 43.0 Å². The minimum atomic E-state index is -3.61. The normalized spacial score (nSPS) is 15.3. The third kappa shape index (κ3) is 7.54. The molecule has 3 aromatic carbocycles. The Kier molecular flexibility index (Phi) is 9.64. The molecule has 0 bridgehead atoms. The molecule has 0 radical (unpaired) electrons. The van der Waals surface area contributed by atoms with Crippen LogP contribution in [0.3, 0.4) is 0 Å². The van der Waals surface area contributed by atoms with Gasteiger partial charge in [0, 0.05) is 43.6 Å². The van der Waals surface area contributed by atoms with Crippen molar-refractivity contribution in [1.82, 2.24) is 4.90 Å². The molecule has 0 unspecified atom stereocenters. The van der Waals surface area contributed by atoms with Crippen LogP contribution in [0.1, 0.15) is 45.5 Å². The van der Waals surface area contributed by atoms with E-state index >= 15 is 0 Å². The quantitative estimate of drug-likeness (QED) is 0.251. The summed E-state index contributed by atoms with van der Waals surface area (Å²) in [6, 6.07) is 18.4. The molecule has 5 rings (SSSR count). The topological polar surface area (TPSA) is 114 Å². The van der Waals surface area contributed by atoms with Crippen LogP contribution in [0.2, 0.25) is 0 Å². The SMILES string of the molecule is COCCOCOc1ccc(N2CCc3cc(-c4ccc(C(=O)N5CCCCC5)cc4)ccc3C2=O)cc1NS(C)(=O)=O. The lowest BCUT2D eigenvalue weighted by Gasteiger charge is -2.29. The fraction of sp³-hybridized carbons (Fsp3) is 0.375. The second-order valence-corrected chi connectivity index (χ2v) is 12.5. The van der Waals surface area contributed by atoms with Crippen molar-refractivity contribution >= 4 is 33.2 Å². The molecule has 2 heterocycles. The second kappa shape index (κ2) is 13.6. The van der Waals surface area contributed by atoms with Gasteiger partial charge in [-0.3, -0.25) is 14.3 Å². The Morgan fingerprint density at radius 1 is 0.907 bits per heavy atom. The Hall–Kier alpha value is -3.93. The van der Waals surface area contributed by atoms with E-state index in [2.05, 4.69) is 4.72 Å². The summed E-state index contributed by atoms with van der Waals surface area (Å²) in [5.41, 5.74) is 4.94. The summed E-state index contributed by atoms with van der Waals surface area (Å²) in [6.45, 7) is 2.70. The van der Waals surface area contributed by atoms with Crippen LogP contribution in [-0.2, 0) is 25.9 Å². The van der Waals surface area contributed by atoms with Crippen LogP contribution in [0.5, 0.6) is 5.75 Å². The molecular formula is C32H37N3O7S. The maximum absolute atomic E-state index is 13.6. The Bertz CT molecular complexity index is 1570. The molecule has 0 saturated carbocycles. The van der Waals surface area contributed by atoms with Crippen LogP contribution >= 0.6 is 0 Å². The first kappa shape index (κ1) is 30.5. The molecule has 0 aliphatic carbocycles. The highest BCUT2D eigenvalue weighted by Gasteiger charge is 2.27. The fourth-order valence-corrected chi connectivity index (χ4v) is 5.96. The first-order valence-corrected chi connectivity index (χ1v) is 16.3. The number of nitrogens with one attached hydrogen (secondary N) is 1. The molecule has 1 N–H and O–H groups in total. The predicted molar refractivity (Wildman–Crippen MR) is 165 cm³/mol. The van der Waals surface area contributed by atoms with Crippen molar-refractivity contribution in [2.45, 2.75) is 25.7 Å². The van der Waals surface area contributed by atoms with E-state index < -0.39 is 10.0 Å². The van der Waals surface area contributed by atoms with Crippen molar-refractivity contribution in [3.05, 3.63) is 77.4 Å². The number of benzene rings is 3. The number of carbonyl (C=O) groups is 2. The molecule has 2 aliphatic rings. The lowest BCUT2D eigenvalue weighted by Crippen LogP contribution is -2.37. The number of hydrogen-bond donors (Lipinski definition) is 1. The van der Waals surface area contributed by atoms with E-state index in [1.54, 1.807) is 30.2 Å². The van der Waals surface area contributed by atoms with E-state index in [1.165, 1.54) is 6.42 Å². The maximum atomic E-state index is 13.6. The first-order chi connectivity index (χ1) is 20.7.